The number of amides is 2. The molecule has 8 heteroatoms. The van der Waals surface area contributed by atoms with E-state index in [0.29, 0.717) is 45.3 Å². The van der Waals surface area contributed by atoms with Crippen LogP contribution in [0.15, 0.2) is 30.3 Å². The minimum atomic E-state index is -0.934. The van der Waals surface area contributed by atoms with Crippen molar-refractivity contribution in [2.24, 2.45) is 0 Å². The molecular formula is C21H27N3O4S. The molecule has 3 heterocycles. The maximum absolute atomic E-state index is 13.7. The fraction of sp³-hybridized carbons (Fsp3) is 0.571. The number of nitrogens with zero attached hydrogens (tertiary/aromatic N) is 2. The van der Waals surface area contributed by atoms with E-state index in [2.05, 4.69) is 5.32 Å². The Hall–Kier alpha value is -2.06. The Labute approximate surface area is 174 Å². The predicted octanol–water partition coefficient (Wildman–Crippen LogP) is 1.28. The Morgan fingerprint density at radius 1 is 1.10 bits per heavy atom. The van der Waals surface area contributed by atoms with Crippen LogP contribution in [-0.2, 0) is 19.8 Å². The third-order valence-electron chi connectivity index (χ3n) is 6.48. The van der Waals surface area contributed by atoms with Crippen LogP contribution in [0.25, 0.3) is 0 Å². The van der Waals surface area contributed by atoms with Gasteiger partial charge < -0.3 is 14.9 Å². The smallest absolute Gasteiger partial charge is 0.326 e. The lowest BCUT2D eigenvalue weighted by molar-refractivity contribution is -0.152. The quantitative estimate of drug-likeness (QED) is 0.767. The van der Waals surface area contributed by atoms with Gasteiger partial charge in [0.25, 0.3) is 0 Å². The average molecular weight is 418 g/mol. The van der Waals surface area contributed by atoms with Gasteiger partial charge >= 0.3 is 5.97 Å². The van der Waals surface area contributed by atoms with Crippen LogP contribution >= 0.6 is 11.8 Å². The highest BCUT2D eigenvalue weighted by molar-refractivity contribution is 7.99. The van der Waals surface area contributed by atoms with Gasteiger partial charge in [-0.1, -0.05) is 30.3 Å². The zero-order valence-electron chi connectivity index (χ0n) is 16.4. The Bertz CT molecular complexity index is 773. The predicted molar refractivity (Wildman–Crippen MR) is 111 cm³/mol. The Kier molecular flexibility index (Phi) is 5.83. The summed E-state index contributed by atoms with van der Waals surface area (Å²) < 4.78 is 0. The van der Waals surface area contributed by atoms with Crippen molar-refractivity contribution < 1.29 is 19.5 Å². The number of carboxylic acids is 1. The molecule has 2 amide bonds. The zero-order chi connectivity index (χ0) is 20.4. The molecule has 2 N–H and O–H groups in total. The second-order valence-electron chi connectivity index (χ2n) is 8.04. The first-order valence-electron chi connectivity index (χ1n) is 10.2. The Morgan fingerprint density at radius 2 is 1.83 bits per heavy atom. The minimum Gasteiger partial charge on any atom is -0.480 e. The summed E-state index contributed by atoms with van der Waals surface area (Å²) >= 11 is 1.72. The van der Waals surface area contributed by atoms with Gasteiger partial charge in [-0.05, 0) is 31.2 Å². The van der Waals surface area contributed by atoms with E-state index in [4.69, 9.17) is 0 Å². The molecule has 3 aliphatic heterocycles. The minimum absolute atomic E-state index is 0.102. The molecule has 2 atom stereocenters. The first-order chi connectivity index (χ1) is 14.0. The summed E-state index contributed by atoms with van der Waals surface area (Å²) in [5.41, 5.74) is 0.149. The van der Waals surface area contributed by atoms with Crippen molar-refractivity contribution in [3.05, 3.63) is 35.9 Å². The maximum Gasteiger partial charge on any atom is 0.326 e. The highest BCUT2D eigenvalue weighted by Crippen LogP contribution is 2.39. The number of benzene rings is 1. The number of rotatable bonds is 4. The fourth-order valence-corrected chi connectivity index (χ4v) is 5.74. The normalized spacial score (nSPS) is 26.5. The van der Waals surface area contributed by atoms with E-state index >= 15 is 0 Å². The molecule has 2 unspecified atom stereocenters. The van der Waals surface area contributed by atoms with Crippen molar-refractivity contribution in [2.75, 3.05) is 31.3 Å². The summed E-state index contributed by atoms with van der Waals surface area (Å²) in [4.78, 5) is 41.6. The summed E-state index contributed by atoms with van der Waals surface area (Å²) in [7, 11) is 0. The third-order valence-corrected chi connectivity index (χ3v) is 7.42. The van der Waals surface area contributed by atoms with Crippen LogP contribution in [0.3, 0.4) is 0 Å². The van der Waals surface area contributed by atoms with E-state index < -0.39 is 17.4 Å². The van der Waals surface area contributed by atoms with E-state index in [9.17, 15) is 19.5 Å². The number of thioether (sulfide) groups is 1. The van der Waals surface area contributed by atoms with Gasteiger partial charge in [-0.25, -0.2) is 4.79 Å². The molecule has 0 bridgehead atoms. The van der Waals surface area contributed by atoms with Crippen molar-refractivity contribution in [1.82, 2.24) is 15.1 Å². The van der Waals surface area contributed by atoms with E-state index in [1.54, 1.807) is 16.7 Å². The van der Waals surface area contributed by atoms with Gasteiger partial charge in [0.05, 0.1) is 11.5 Å². The van der Waals surface area contributed by atoms with Gasteiger partial charge in [0, 0.05) is 31.3 Å². The molecule has 3 fully saturated rings. The van der Waals surface area contributed by atoms with Crippen molar-refractivity contribution in [2.45, 2.75) is 43.2 Å². The number of aliphatic carboxylic acids is 1. The SMILES string of the molecule is O=C(O)C1CCCN1C(=O)C1(c2ccccc2)CCN(C(=O)C2CSCN2)CC1. The van der Waals surface area contributed by atoms with Crippen LogP contribution in [0.4, 0.5) is 0 Å². The van der Waals surface area contributed by atoms with Gasteiger partial charge in [-0.15, -0.1) is 11.8 Å². The Balaban J connectivity index is 1.58. The van der Waals surface area contributed by atoms with E-state index in [1.165, 1.54) is 0 Å². The number of likely N-dealkylation sites (tertiary alicyclic amines) is 2. The van der Waals surface area contributed by atoms with Crippen LogP contribution in [0, 0.1) is 0 Å². The monoisotopic (exact) mass is 417 g/mol. The topological polar surface area (TPSA) is 90.0 Å². The van der Waals surface area contributed by atoms with E-state index in [0.717, 1.165) is 17.2 Å². The highest BCUT2D eigenvalue weighted by atomic mass is 32.2. The van der Waals surface area contributed by atoms with Crippen LogP contribution in [0.1, 0.15) is 31.2 Å². The molecule has 0 saturated carbocycles. The Morgan fingerprint density at radius 3 is 2.45 bits per heavy atom. The van der Waals surface area contributed by atoms with Crippen molar-refractivity contribution in [3.63, 3.8) is 0 Å². The number of piperidine rings is 1. The zero-order valence-corrected chi connectivity index (χ0v) is 17.2. The summed E-state index contributed by atoms with van der Waals surface area (Å²) in [5.74, 6) is 0.648. The van der Waals surface area contributed by atoms with E-state index in [1.807, 2.05) is 35.2 Å². The number of carbonyl (C=O) groups is 3. The van der Waals surface area contributed by atoms with Gasteiger partial charge in [0.2, 0.25) is 11.8 Å². The van der Waals surface area contributed by atoms with Crippen molar-refractivity contribution in [3.8, 4) is 0 Å². The average Bonchev–Trinajstić information content (AvgIpc) is 3.45. The highest BCUT2D eigenvalue weighted by Gasteiger charge is 2.49. The molecule has 0 radical (unpaired) electrons. The molecule has 4 rings (SSSR count). The van der Waals surface area contributed by atoms with Crippen LogP contribution in [0.2, 0.25) is 0 Å². The third kappa shape index (κ3) is 3.75. The fourth-order valence-electron chi connectivity index (χ4n) is 4.81. The summed E-state index contributed by atoms with van der Waals surface area (Å²) in [5, 5.41) is 12.8. The number of nitrogens with one attached hydrogen (secondary N) is 1. The number of carbonyl (C=O) groups excluding carboxylic acids is 2. The largest absolute Gasteiger partial charge is 0.480 e. The second kappa shape index (κ2) is 8.36. The molecule has 0 aromatic heterocycles. The number of carboxylic acid groups (broad SMARTS) is 1. The molecule has 7 nitrogen and oxygen atoms in total. The van der Waals surface area contributed by atoms with Crippen molar-refractivity contribution in [1.29, 1.82) is 0 Å². The number of hydrogen-bond donors (Lipinski definition) is 2. The molecule has 0 aliphatic carbocycles. The van der Waals surface area contributed by atoms with Crippen LogP contribution in [0.5, 0.6) is 0 Å². The van der Waals surface area contributed by atoms with Crippen LogP contribution in [-0.4, -0.2) is 76.0 Å². The molecule has 156 valence electrons. The standard InChI is InChI=1S/C21H27N3O4S/c25-18(16-13-29-14-22-16)23-11-8-21(9-12-23,15-5-2-1-3-6-15)20(28)24-10-4-7-17(24)19(26)27/h1-3,5-6,16-17,22H,4,7-14H2,(H,26,27). The summed E-state index contributed by atoms with van der Waals surface area (Å²) in [6, 6.07) is 8.77. The van der Waals surface area contributed by atoms with Crippen molar-refractivity contribution >= 4 is 29.5 Å². The number of hydrogen-bond acceptors (Lipinski definition) is 5. The lowest BCUT2D eigenvalue weighted by Gasteiger charge is -2.44. The molecule has 3 aliphatic rings. The van der Waals surface area contributed by atoms with Gasteiger partial charge in [-0.2, -0.15) is 0 Å². The van der Waals surface area contributed by atoms with Gasteiger partial charge in [0.1, 0.15) is 6.04 Å². The maximum atomic E-state index is 13.7. The lowest BCUT2D eigenvalue weighted by atomic mass is 9.71. The van der Waals surface area contributed by atoms with E-state index in [-0.39, 0.29) is 17.9 Å². The molecular weight excluding hydrogens is 390 g/mol. The summed E-state index contributed by atoms with van der Waals surface area (Å²) in [6.07, 6.45) is 2.25. The molecule has 3 saturated heterocycles. The first-order valence-corrected chi connectivity index (χ1v) is 11.4. The van der Waals surface area contributed by atoms with Gasteiger partial charge in [-0.3, -0.25) is 14.9 Å². The molecule has 1 aromatic rings. The second-order valence-corrected chi connectivity index (χ2v) is 9.07. The molecule has 0 spiro atoms. The lowest BCUT2D eigenvalue weighted by Crippen LogP contribution is -2.57. The molecule has 29 heavy (non-hydrogen) atoms. The first kappa shape index (κ1) is 20.2. The van der Waals surface area contributed by atoms with Crippen LogP contribution < -0.4 is 5.32 Å². The summed E-state index contributed by atoms with van der Waals surface area (Å²) in [6.45, 7) is 1.50. The van der Waals surface area contributed by atoms with Gasteiger partial charge in [0.15, 0.2) is 0 Å². The molecule has 1 aromatic carbocycles.